The molecule has 122 valence electrons. The van der Waals surface area contributed by atoms with E-state index in [0.29, 0.717) is 17.9 Å². The maximum Gasteiger partial charge on any atom is 0.188 e. The number of fused-ring (bicyclic) bond motifs is 1. The van der Waals surface area contributed by atoms with Crippen molar-refractivity contribution in [2.45, 2.75) is 38.1 Å². The molecule has 0 spiro atoms. The molecule has 0 radical (unpaired) electrons. The molecule has 0 saturated carbocycles. The van der Waals surface area contributed by atoms with Crippen molar-refractivity contribution < 1.29 is 0 Å². The predicted molar refractivity (Wildman–Crippen MR) is 103 cm³/mol. The molecule has 5 heteroatoms. The smallest absolute Gasteiger partial charge is 0.188 e. The summed E-state index contributed by atoms with van der Waals surface area (Å²) in [7, 11) is 0. The number of hydrogen-bond donors (Lipinski definition) is 2. The third kappa shape index (κ3) is 3.93. The van der Waals surface area contributed by atoms with Crippen LogP contribution in [0.5, 0.6) is 0 Å². The van der Waals surface area contributed by atoms with Crippen LogP contribution in [0.1, 0.15) is 36.8 Å². The van der Waals surface area contributed by atoms with Crippen LogP contribution in [0.4, 0.5) is 0 Å². The summed E-state index contributed by atoms with van der Waals surface area (Å²) >= 11 is 0. The molecule has 0 aromatic heterocycles. The van der Waals surface area contributed by atoms with Gasteiger partial charge in [0.1, 0.15) is 0 Å². The fourth-order valence-corrected chi connectivity index (χ4v) is 3.55. The Hall–Kier alpha value is -0.820. The van der Waals surface area contributed by atoms with Crippen LogP contribution in [0, 0.1) is 0 Å². The standard InChI is InChI=1S/C17H26N4.HI/c1-2-21-9-5-7-15(21)12-20-17(18)19-11-14-10-13-6-3-4-8-16(13)14;/h3-4,6,8,14-15H,2,5,7,9-12H2,1H3,(H3,18,19,20);1H. The van der Waals surface area contributed by atoms with Crippen molar-refractivity contribution in [3.05, 3.63) is 35.4 Å². The van der Waals surface area contributed by atoms with Gasteiger partial charge in [-0.25, -0.2) is 0 Å². The lowest BCUT2D eigenvalue weighted by Gasteiger charge is -2.30. The highest BCUT2D eigenvalue weighted by atomic mass is 127. The normalized spacial score (nSPS) is 24.3. The largest absolute Gasteiger partial charge is 0.370 e. The number of guanidine groups is 1. The van der Waals surface area contributed by atoms with Crippen molar-refractivity contribution in [1.82, 2.24) is 10.2 Å². The Morgan fingerprint density at radius 1 is 1.41 bits per heavy atom. The van der Waals surface area contributed by atoms with E-state index in [0.717, 1.165) is 26.1 Å². The zero-order valence-corrected chi connectivity index (χ0v) is 15.6. The molecule has 3 rings (SSSR count). The van der Waals surface area contributed by atoms with Crippen LogP contribution in [0.2, 0.25) is 0 Å². The molecule has 1 aromatic carbocycles. The third-order valence-electron chi connectivity index (χ3n) is 4.87. The van der Waals surface area contributed by atoms with Crippen LogP contribution >= 0.6 is 24.0 Å². The second-order valence-electron chi connectivity index (χ2n) is 6.13. The van der Waals surface area contributed by atoms with Crippen LogP contribution in [-0.2, 0) is 6.42 Å². The highest BCUT2D eigenvalue weighted by molar-refractivity contribution is 14.0. The summed E-state index contributed by atoms with van der Waals surface area (Å²) in [4.78, 5) is 7.03. The Labute approximate surface area is 150 Å². The second kappa shape index (κ2) is 8.15. The highest BCUT2D eigenvalue weighted by Gasteiger charge is 2.25. The fraction of sp³-hybridized carbons (Fsp3) is 0.588. The molecule has 1 fully saturated rings. The average molecular weight is 414 g/mol. The van der Waals surface area contributed by atoms with E-state index in [1.807, 2.05) is 0 Å². The molecule has 2 unspecified atom stereocenters. The Morgan fingerprint density at radius 2 is 2.23 bits per heavy atom. The molecule has 2 aliphatic rings. The van der Waals surface area contributed by atoms with E-state index in [1.54, 1.807) is 0 Å². The first-order valence-electron chi connectivity index (χ1n) is 8.13. The molecular weight excluding hydrogens is 387 g/mol. The van der Waals surface area contributed by atoms with Gasteiger partial charge in [0.25, 0.3) is 0 Å². The Kier molecular flexibility index (Phi) is 6.50. The van der Waals surface area contributed by atoms with Gasteiger partial charge >= 0.3 is 0 Å². The Balaban J connectivity index is 0.00000176. The van der Waals surface area contributed by atoms with Gasteiger partial charge in [-0.05, 0) is 43.5 Å². The summed E-state index contributed by atoms with van der Waals surface area (Å²) in [5, 5.41) is 3.29. The van der Waals surface area contributed by atoms with Crippen LogP contribution in [0.25, 0.3) is 0 Å². The van der Waals surface area contributed by atoms with Crippen molar-refractivity contribution in [1.29, 1.82) is 0 Å². The van der Waals surface area contributed by atoms with Gasteiger partial charge in [-0.1, -0.05) is 31.2 Å². The lowest BCUT2D eigenvalue weighted by atomic mass is 9.78. The molecule has 1 heterocycles. The molecule has 1 saturated heterocycles. The van der Waals surface area contributed by atoms with Crippen LogP contribution in [0.15, 0.2) is 29.3 Å². The number of hydrogen-bond acceptors (Lipinski definition) is 2. The van der Waals surface area contributed by atoms with Gasteiger partial charge < -0.3 is 11.1 Å². The van der Waals surface area contributed by atoms with Crippen LogP contribution < -0.4 is 11.1 Å². The molecule has 4 nitrogen and oxygen atoms in total. The molecule has 0 bridgehead atoms. The van der Waals surface area contributed by atoms with E-state index in [-0.39, 0.29) is 24.0 Å². The first kappa shape index (κ1) is 17.5. The lowest BCUT2D eigenvalue weighted by molar-refractivity contribution is 0.273. The molecule has 22 heavy (non-hydrogen) atoms. The van der Waals surface area contributed by atoms with E-state index in [4.69, 9.17) is 5.73 Å². The minimum Gasteiger partial charge on any atom is -0.370 e. The number of nitrogens with two attached hydrogens (primary N) is 1. The van der Waals surface area contributed by atoms with Gasteiger partial charge in [-0.2, -0.15) is 0 Å². The number of rotatable bonds is 5. The van der Waals surface area contributed by atoms with Crippen molar-refractivity contribution in [2.75, 3.05) is 26.2 Å². The molecule has 1 aliphatic carbocycles. The molecule has 1 aromatic rings. The summed E-state index contributed by atoms with van der Waals surface area (Å²) in [5.74, 6) is 1.19. The third-order valence-corrected chi connectivity index (χ3v) is 4.87. The predicted octanol–water partition coefficient (Wildman–Crippen LogP) is 2.33. The molecular formula is C17H27IN4. The van der Waals surface area contributed by atoms with Crippen molar-refractivity contribution in [3.63, 3.8) is 0 Å². The zero-order chi connectivity index (χ0) is 14.7. The van der Waals surface area contributed by atoms with Gasteiger partial charge in [0.2, 0.25) is 0 Å². The Bertz CT molecular complexity index is 517. The molecule has 0 amide bonds. The van der Waals surface area contributed by atoms with Crippen LogP contribution in [0.3, 0.4) is 0 Å². The summed E-state index contributed by atoms with van der Waals surface area (Å²) < 4.78 is 0. The monoisotopic (exact) mass is 414 g/mol. The van der Waals surface area contributed by atoms with E-state index in [1.165, 1.54) is 30.5 Å². The van der Waals surface area contributed by atoms with E-state index >= 15 is 0 Å². The minimum atomic E-state index is 0. The van der Waals surface area contributed by atoms with Gasteiger partial charge in [0, 0.05) is 18.5 Å². The van der Waals surface area contributed by atoms with Crippen molar-refractivity contribution in [3.8, 4) is 0 Å². The summed E-state index contributed by atoms with van der Waals surface area (Å²) in [6.07, 6.45) is 3.70. The number of likely N-dealkylation sites (tertiary alicyclic amines) is 1. The zero-order valence-electron chi connectivity index (χ0n) is 13.3. The van der Waals surface area contributed by atoms with E-state index < -0.39 is 0 Å². The average Bonchev–Trinajstić information content (AvgIpc) is 2.93. The molecule has 2 atom stereocenters. The van der Waals surface area contributed by atoms with Gasteiger partial charge in [-0.3, -0.25) is 9.89 Å². The lowest BCUT2D eigenvalue weighted by Crippen LogP contribution is -2.39. The number of aliphatic imine (C=N–C) groups is 1. The molecule has 3 N–H and O–H groups in total. The quantitative estimate of drug-likeness (QED) is 0.442. The number of halogens is 1. The highest BCUT2D eigenvalue weighted by Crippen LogP contribution is 2.33. The second-order valence-corrected chi connectivity index (χ2v) is 6.13. The SMILES string of the molecule is CCN1CCCC1CN=C(N)NCC1Cc2ccccc21.I. The first-order valence-corrected chi connectivity index (χ1v) is 8.13. The fourth-order valence-electron chi connectivity index (χ4n) is 3.55. The number of benzene rings is 1. The topological polar surface area (TPSA) is 53.6 Å². The van der Waals surface area contributed by atoms with E-state index in [9.17, 15) is 0 Å². The summed E-state index contributed by atoms with van der Waals surface area (Å²) in [6.45, 7) is 6.27. The van der Waals surface area contributed by atoms with Crippen LogP contribution in [-0.4, -0.2) is 43.1 Å². The number of nitrogens with one attached hydrogen (secondary N) is 1. The van der Waals surface area contributed by atoms with Gasteiger partial charge in [0.15, 0.2) is 5.96 Å². The summed E-state index contributed by atoms with van der Waals surface area (Å²) in [6, 6.07) is 9.24. The molecule has 1 aliphatic heterocycles. The number of likely N-dealkylation sites (N-methyl/N-ethyl adjacent to an activating group) is 1. The maximum atomic E-state index is 6.01. The van der Waals surface area contributed by atoms with Gasteiger partial charge in [0.05, 0.1) is 6.54 Å². The maximum absolute atomic E-state index is 6.01. The minimum absolute atomic E-state index is 0. The Morgan fingerprint density at radius 3 is 3.00 bits per heavy atom. The summed E-state index contributed by atoms with van der Waals surface area (Å²) in [5.41, 5.74) is 8.95. The van der Waals surface area contributed by atoms with Crippen molar-refractivity contribution in [2.24, 2.45) is 10.7 Å². The number of nitrogens with zero attached hydrogens (tertiary/aromatic N) is 2. The van der Waals surface area contributed by atoms with Crippen molar-refractivity contribution >= 4 is 29.9 Å². The first-order chi connectivity index (χ1) is 10.3. The van der Waals surface area contributed by atoms with E-state index in [2.05, 4.69) is 46.4 Å². The van der Waals surface area contributed by atoms with Gasteiger partial charge in [-0.15, -0.1) is 24.0 Å².